The third-order valence-electron chi connectivity index (χ3n) is 3.75. The first-order valence-electron chi connectivity index (χ1n) is 8.89. The maximum Gasteiger partial charge on any atom is 0.417 e. The zero-order chi connectivity index (χ0) is 21.6. The van der Waals surface area contributed by atoms with E-state index in [-0.39, 0.29) is 5.82 Å². The van der Waals surface area contributed by atoms with Gasteiger partial charge in [-0.15, -0.1) is 11.8 Å². The molecule has 0 atom stereocenters. The number of nitrogens with one attached hydrogen (secondary N) is 3. The van der Waals surface area contributed by atoms with E-state index in [4.69, 9.17) is 0 Å². The number of pyridine rings is 1. The van der Waals surface area contributed by atoms with Crippen LogP contribution in [-0.4, -0.2) is 27.8 Å². The summed E-state index contributed by atoms with van der Waals surface area (Å²) in [4.78, 5) is 14.3. The number of thioether (sulfide) groups is 1. The van der Waals surface area contributed by atoms with Crippen LogP contribution in [0.4, 0.5) is 36.3 Å². The maximum absolute atomic E-state index is 12.7. The molecule has 0 bridgehead atoms. The summed E-state index contributed by atoms with van der Waals surface area (Å²) >= 11 is 3.21. The molecule has 30 heavy (non-hydrogen) atoms. The molecule has 1 aromatic carbocycles. The van der Waals surface area contributed by atoms with Crippen molar-refractivity contribution in [2.75, 3.05) is 23.4 Å². The second kappa shape index (κ2) is 10.0. The first-order chi connectivity index (χ1) is 14.4. The van der Waals surface area contributed by atoms with E-state index in [1.54, 1.807) is 17.8 Å². The van der Waals surface area contributed by atoms with E-state index in [2.05, 4.69) is 37.2 Å². The van der Waals surface area contributed by atoms with Gasteiger partial charge in [0.2, 0.25) is 0 Å². The number of halogens is 3. The highest BCUT2D eigenvalue weighted by atomic mass is 32.2. The Morgan fingerprint density at radius 2 is 1.70 bits per heavy atom. The maximum atomic E-state index is 12.7. The number of anilines is 4. The number of alkyl halides is 3. The highest BCUT2D eigenvalue weighted by Gasteiger charge is 2.30. The summed E-state index contributed by atoms with van der Waals surface area (Å²) in [5.41, 5.74) is 0.0952. The Balaban J connectivity index is 1.78. The number of hydrogen-bond acceptors (Lipinski definition) is 8. The number of rotatable bonds is 8. The molecule has 0 aliphatic rings. The molecule has 0 fully saturated rings. The molecule has 158 valence electrons. The van der Waals surface area contributed by atoms with Crippen molar-refractivity contribution in [3.63, 3.8) is 0 Å². The van der Waals surface area contributed by atoms with E-state index in [0.29, 0.717) is 11.6 Å². The minimum absolute atomic E-state index is 0.252. The number of nitrogens with zero attached hydrogens (tertiary/aromatic N) is 3. The second-order valence-corrected chi connectivity index (χ2v) is 8.26. The van der Waals surface area contributed by atoms with Crippen molar-refractivity contribution < 1.29 is 13.2 Å². The molecule has 0 aliphatic heterocycles. The first-order valence-corrected chi connectivity index (χ1v) is 10.7. The molecule has 0 saturated carbocycles. The van der Waals surface area contributed by atoms with Gasteiger partial charge in [0, 0.05) is 22.1 Å². The Morgan fingerprint density at radius 1 is 0.933 bits per heavy atom. The van der Waals surface area contributed by atoms with E-state index in [9.17, 15) is 13.2 Å². The number of aromatic nitrogens is 3. The largest absolute Gasteiger partial charge is 0.417 e. The predicted molar refractivity (Wildman–Crippen MR) is 116 cm³/mol. The van der Waals surface area contributed by atoms with E-state index in [0.717, 1.165) is 33.5 Å². The molecular formula is C19H19F3N6S2. The molecule has 0 unspecified atom stereocenters. The third kappa shape index (κ3) is 6.00. The van der Waals surface area contributed by atoms with Crippen molar-refractivity contribution in [1.82, 2.24) is 19.7 Å². The Morgan fingerprint density at radius 3 is 2.33 bits per heavy atom. The van der Waals surface area contributed by atoms with Crippen LogP contribution >= 0.6 is 23.7 Å². The average molecular weight is 453 g/mol. The van der Waals surface area contributed by atoms with E-state index < -0.39 is 11.7 Å². The fourth-order valence-corrected chi connectivity index (χ4v) is 3.76. The van der Waals surface area contributed by atoms with Crippen molar-refractivity contribution in [3.05, 3.63) is 54.5 Å². The molecule has 3 rings (SSSR count). The minimum atomic E-state index is -4.42. The summed E-state index contributed by atoms with van der Waals surface area (Å²) in [5.74, 6) is 2.13. The molecule has 0 saturated heterocycles. The van der Waals surface area contributed by atoms with Crippen molar-refractivity contribution in [2.45, 2.75) is 22.9 Å². The van der Waals surface area contributed by atoms with Gasteiger partial charge >= 0.3 is 6.18 Å². The van der Waals surface area contributed by atoms with Crippen molar-refractivity contribution in [3.8, 4) is 0 Å². The molecule has 2 aromatic heterocycles. The molecule has 2 heterocycles. The summed E-state index contributed by atoms with van der Waals surface area (Å²) in [6.45, 7) is 2.08. The smallest absolute Gasteiger partial charge is 0.339 e. The Labute approximate surface area is 180 Å². The van der Waals surface area contributed by atoms with Crippen LogP contribution in [0.15, 0.2) is 58.7 Å². The topological polar surface area (TPSA) is 74.8 Å². The van der Waals surface area contributed by atoms with Crippen LogP contribution in [0.5, 0.6) is 0 Å². The summed E-state index contributed by atoms with van der Waals surface area (Å²) in [6.07, 6.45) is -2.28. The highest BCUT2D eigenvalue weighted by molar-refractivity contribution is 7.99. The molecule has 11 heteroatoms. The summed E-state index contributed by atoms with van der Waals surface area (Å²) in [7, 11) is 1.85. The van der Waals surface area contributed by atoms with E-state index >= 15 is 0 Å². The lowest BCUT2D eigenvalue weighted by Gasteiger charge is -2.13. The summed E-state index contributed by atoms with van der Waals surface area (Å²) in [5, 5.41) is 6.18. The van der Waals surface area contributed by atoms with Crippen LogP contribution < -0.4 is 15.4 Å². The van der Waals surface area contributed by atoms with Crippen LogP contribution in [0.1, 0.15) is 12.5 Å². The van der Waals surface area contributed by atoms with Gasteiger partial charge in [0.1, 0.15) is 23.8 Å². The second-order valence-electron chi connectivity index (χ2n) is 5.87. The molecule has 0 aliphatic carbocycles. The summed E-state index contributed by atoms with van der Waals surface area (Å²) in [6, 6.07) is 9.99. The van der Waals surface area contributed by atoms with Crippen LogP contribution in [-0.2, 0) is 6.18 Å². The molecule has 0 amide bonds. The van der Waals surface area contributed by atoms with E-state index in [1.165, 1.54) is 24.3 Å². The zero-order valence-electron chi connectivity index (χ0n) is 16.1. The lowest BCUT2D eigenvalue weighted by molar-refractivity contribution is -0.137. The lowest BCUT2D eigenvalue weighted by Crippen LogP contribution is -2.06. The van der Waals surface area contributed by atoms with Crippen LogP contribution in [0.25, 0.3) is 0 Å². The fourth-order valence-electron chi connectivity index (χ4n) is 2.47. The molecule has 0 spiro atoms. The van der Waals surface area contributed by atoms with Crippen LogP contribution in [0.3, 0.4) is 0 Å². The SMILES string of the molecule is CCSc1ccc(SNC)cc1Nc1cc(Nc2ccc(C(F)(F)F)cn2)ncn1. The minimum Gasteiger partial charge on any atom is -0.339 e. The zero-order valence-corrected chi connectivity index (χ0v) is 17.8. The van der Waals surface area contributed by atoms with Gasteiger partial charge in [0.15, 0.2) is 0 Å². The molecule has 6 nitrogen and oxygen atoms in total. The third-order valence-corrected chi connectivity index (χ3v) is 5.40. The lowest BCUT2D eigenvalue weighted by atomic mass is 10.3. The predicted octanol–water partition coefficient (Wildman–Crippen LogP) is 5.72. The first kappa shape index (κ1) is 22.2. The van der Waals surface area contributed by atoms with Gasteiger partial charge < -0.3 is 10.6 Å². The highest BCUT2D eigenvalue weighted by Crippen LogP contribution is 2.33. The van der Waals surface area contributed by atoms with Gasteiger partial charge in [-0.25, -0.2) is 15.0 Å². The van der Waals surface area contributed by atoms with Crippen LogP contribution in [0, 0.1) is 0 Å². The van der Waals surface area contributed by atoms with Gasteiger partial charge in [-0.1, -0.05) is 6.92 Å². The van der Waals surface area contributed by atoms with Gasteiger partial charge in [-0.05, 0) is 55.1 Å². The molecule has 3 N–H and O–H groups in total. The Kier molecular flexibility index (Phi) is 7.40. The Bertz CT molecular complexity index is 983. The number of benzene rings is 1. The van der Waals surface area contributed by atoms with Gasteiger partial charge in [-0.3, -0.25) is 4.72 Å². The number of hydrogen-bond donors (Lipinski definition) is 3. The van der Waals surface area contributed by atoms with Crippen LogP contribution in [0.2, 0.25) is 0 Å². The quantitative estimate of drug-likeness (QED) is 0.296. The van der Waals surface area contributed by atoms with E-state index in [1.807, 2.05) is 25.2 Å². The summed E-state index contributed by atoms with van der Waals surface area (Å²) < 4.78 is 41.1. The normalized spacial score (nSPS) is 11.4. The average Bonchev–Trinajstić information content (AvgIpc) is 2.70. The van der Waals surface area contributed by atoms with Gasteiger partial charge in [-0.2, -0.15) is 13.2 Å². The standard InChI is InChI=1S/C19H19F3N6S2/c1-3-29-15-6-5-13(30-23-2)8-14(15)27-17-9-18(26-11-25-17)28-16-7-4-12(10-24-16)19(20,21)22/h4-11,23H,3H2,1-2H3,(H2,24,25,26,27,28). The molecular weight excluding hydrogens is 433 g/mol. The fraction of sp³-hybridized carbons (Fsp3) is 0.211. The molecule has 3 aromatic rings. The van der Waals surface area contributed by atoms with Crippen molar-refractivity contribution >= 4 is 46.9 Å². The molecule has 0 radical (unpaired) electrons. The van der Waals surface area contributed by atoms with Crippen molar-refractivity contribution in [2.24, 2.45) is 0 Å². The van der Waals surface area contributed by atoms with Gasteiger partial charge in [0.25, 0.3) is 0 Å². The van der Waals surface area contributed by atoms with Crippen molar-refractivity contribution in [1.29, 1.82) is 0 Å². The monoisotopic (exact) mass is 452 g/mol. The van der Waals surface area contributed by atoms with Gasteiger partial charge in [0.05, 0.1) is 11.3 Å². The Hall–Kier alpha value is -2.50.